The summed E-state index contributed by atoms with van der Waals surface area (Å²) in [7, 11) is 0. The van der Waals surface area contributed by atoms with E-state index in [2.05, 4.69) is 4.90 Å². The molecule has 4 aromatic rings. The lowest BCUT2D eigenvalue weighted by Gasteiger charge is -2.29. The molecule has 0 amide bonds. The summed E-state index contributed by atoms with van der Waals surface area (Å²) in [5.41, 5.74) is 2.52. The molecule has 0 spiro atoms. The van der Waals surface area contributed by atoms with E-state index in [9.17, 15) is 4.79 Å². The molecule has 0 saturated heterocycles. The largest absolute Gasteiger partial charge is 0.478 e. The van der Waals surface area contributed by atoms with E-state index in [0.717, 1.165) is 41.1 Å². The van der Waals surface area contributed by atoms with Gasteiger partial charge in [-0.15, -0.1) is 0 Å². The first-order valence-electron chi connectivity index (χ1n) is 9.03. The minimum absolute atomic E-state index is 0.356. The molecule has 2 aromatic heterocycles. The fourth-order valence-electron chi connectivity index (χ4n) is 4.02. The second-order valence-corrected chi connectivity index (χ2v) is 7.34. The molecule has 6 rings (SSSR count). The molecular weight excluding hydrogens is 330 g/mol. The van der Waals surface area contributed by atoms with Gasteiger partial charge in [-0.05, 0) is 43.0 Å². The summed E-state index contributed by atoms with van der Waals surface area (Å²) in [6.07, 6.45) is 2.61. The van der Waals surface area contributed by atoms with Crippen molar-refractivity contribution < 1.29 is 13.6 Å². The van der Waals surface area contributed by atoms with Crippen molar-refractivity contribution in [3.05, 3.63) is 52.4 Å². The predicted molar refractivity (Wildman–Crippen MR) is 98.4 cm³/mol. The maximum atomic E-state index is 12.7. The van der Waals surface area contributed by atoms with Gasteiger partial charge in [-0.3, -0.25) is 4.90 Å². The first kappa shape index (κ1) is 14.4. The van der Waals surface area contributed by atoms with E-state index in [1.54, 1.807) is 6.07 Å². The average molecular weight is 347 g/mol. The number of para-hydroxylation sites is 1. The second-order valence-electron chi connectivity index (χ2n) is 7.34. The summed E-state index contributed by atoms with van der Waals surface area (Å²) in [4.78, 5) is 15.0. The zero-order valence-corrected chi connectivity index (χ0v) is 14.2. The van der Waals surface area contributed by atoms with E-state index in [1.807, 2.05) is 30.3 Å². The standard InChI is InChI=1S/C21H17NO4/c23-21-19-18-14-10-22(9-12-5-6-12)11-24-15(14)7-8-17(18)25-20(19)13-3-1-2-4-16(13)26-21/h1-4,7-8,12H,5-6,9-11H2. The number of furan rings is 1. The molecule has 0 N–H and O–H groups in total. The van der Waals surface area contributed by atoms with Crippen LogP contribution in [0, 0.1) is 5.92 Å². The summed E-state index contributed by atoms with van der Waals surface area (Å²) in [5.74, 6) is 1.62. The first-order chi connectivity index (χ1) is 12.8. The lowest BCUT2D eigenvalue weighted by atomic mass is 10.0. The highest BCUT2D eigenvalue weighted by atomic mass is 16.5. The molecule has 26 heavy (non-hydrogen) atoms. The van der Waals surface area contributed by atoms with Crippen molar-refractivity contribution in [2.45, 2.75) is 19.4 Å². The third-order valence-corrected chi connectivity index (χ3v) is 5.46. The maximum absolute atomic E-state index is 12.7. The monoisotopic (exact) mass is 347 g/mol. The van der Waals surface area contributed by atoms with Crippen LogP contribution in [0.25, 0.3) is 32.9 Å². The van der Waals surface area contributed by atoms with Gasteiger partial charge in [0.15, 0.2) is 5.58 Å². The summed E-state index contributed by atoms with van der Waals surface area (Å²) in [6.45, 7) is 2.41. The van der Waals surface area contributed by atoms with Gasteiger partial charge in [0.25, 0.3) is 0 Å². The first-order valence-corrected chi connectivity index (χ1v) is 9.03. The number of rotatable bonds is 2. The molecule has 0 atom stereocenters. The van der Waals surface area contributed by atoms with Crippen LogP contribution in [0.2, 0.25) is 0 Å². The Balaban J connectivity index is 1.65. The van der Waals surface area contributed by atoms with Gasteiger partial charge in [0.2, 0.25) is 0 Å². The summed E-state index contributed by atoms with van der Waals surface area (Å²) in [5, 5.41) is 2.17. The van der Waals surface area contributed by atoms with Crippen molar-refractivity contribution in [3.63, 3.8) is 0 Å². The average Bonchev–Trinajstić information content (AvgIpc) is 3.37. The zero-order valence-electron chi connectivity index (χ0n) is 14.2. The highest BCUT2D eigenvalue weighted by molar-refractivity contribution is 6.14. The lowest BCUT2D eigenvalue weighted by molar-refractivity contribution is 0.0919. The van der Waals surface area contributed by atoms with Crippen LogP contribution in [0.4, 0.5) is 0 Å². The smallest absolute Gasteiger partial charge is 0.348 e. The molecule has 2 aromatic carbocycles. The number of hydrogen-bond donors (Lipinski definition) is 0. The van der Waals surface area contributed by atoms with Crippen LogP contribution in [-0.4, -0.2) is 18.2 Å². The fourth-order valence-corrected chi connectivity index (χ4v) is 4.02. The molecule has 130 valence electrons. The molecule has 2 aliphatic rings. The molecule has 1 aliphatic carbocycles. The van der Waals surface area contributed by atoms with Crippen molar-refractivity contribution in [2.24, 2.45) is 5.92 Å². The molecule has 5 heteroatoms. The van der Waals surface area contributed by atoms with Gasteiger partial charge in [0.1, 0.15) is 29.0 Å². The zero-order chi connectivity index (χ0) is 17.3. The highest BCUT2D eigenvalue weighted by Crippen LogP contribution is 2.40. The summed E-state index contributed by atoms with van der Waals surface area (Å²) < 4.78 is 17.6. The normalized spacial score (nSPS) is 17.7. The van der Waals surface area contributed by atoms with Crippen LogP contribution in [0.5, 0.6) is 5.75 Å². The summed E-state index contributed by atoms with van der Waals surface area (Å²) >= 11 is 0. The third-order valence-electron chi connectivity index (χ3n) is 5.46. The number of nitrogens with zero attached hydrogens (tertiary/aromatic N) is 1. The van der Waals surface area contributed by atoms with Crippen molar-refractivity contribution in [3.8, 4) is 5.75 Å². The Hall–Kier alpha value is -2.79. The minimum Gasteiger partial charge on any atom is -0.478 e. The van der Waals surface area contributed by atoms with Gasteiger partial charge in [0, 0.05) is 24.0 Å². The number of ether oxygens (including phenoxy) is 1. The molecule has 0 radical (unpaired) electrons. The van der Waals surface area contributed by atoms with Gasteiger partial charge < -0.3 is 13.6 Å². The Morgan fingerprint density at radius 2 is 1.88 bits per heavy atom. The fraction of sp³-hybridized carbons (Fsp3) is 0.286. The van der Waals surface area contributed by atoms with E-state index >= 15 is 0 Å². The molecule has 1 saturated carbocycles. The number of hydrogen-bond acceptors (Lipinski definition) is 5. The predicted octanol–water partition coefficient (Wildman–Crippen LogP) is 4.25. The molecule has 1 fully saturated rings. The van der Waals surface area contributed by atoms with Crippen molar-refractivity contribution in [1.82, 2.24) is 4.90 Å². The maximum Gasteiger partial charge on any atom is 0.348 e. The third kappa shape index (κ3) is 2.04. The van der Waals surface area contributed by atoms with Crippen LogP contribution >= 0.6 is 0 Å². The lowest BCUT2D eigenvalue weighted by Crippen LogP contribution is -2.33. The highest BCUT2D eigenvalue weighted by Gasteiger charge is 2.29. The molecule has 0 unspecified atom stereocenters. The Kier molecular flexibility index (Phi) is 2.83. The van der Waals surface area contributed by atoms with Crippen molar-refractivity contribution in [2.75, 3.05) is 13.3 Å². The second kappa shape index (κ2) is 5.11. The Labute approximate surface area is 148 Å². The Morgan fingerprint density at radius 3 is 2.77 bits per heavy atom. The van der Waals surface area contributed by atoms with Gasteiger partial charge in [0.05, 0.1) is 5.39 Å². The van der Waals surface area contributed by atoms with E-state index in [0.29, 0.717) is 28.9 Å². The van der Waals surface area contributed by atoms with Gasteiger partial charge in [-0.1, -0.05) is 12.1 Å². The molecule has 0 bridgehead atoms. The van der Waals surface area contributed by atoms with Crippen LogP contribution in [0.3, 0.4) is 0 Å². The van der Waals surface area contributed by atoms with Gasteiger partial charge in [-0.25, -0.2) is 4.79 Å². The van der Waals surface area contributed by atoms with Crippen LogP contribution in [0.1, 0.15) is 18.4 Å². The van der Waals surface area contributed by atoms with Gasteiger partial charge in [-0.2, -0.15) is 0 Å². The number of benzene rings is 2. The minimum atomic E-state index is -0.356. The molecule has 5 nitrogen and oxygen atoms in total. The van der Waals surface area contributed by atoms with Crippen LogP contribution in [0.15, 0.2) is 50.0 Å². The van der Waals surface area contributed by atoms with Crippen LogP contribution in [-0.2, 0) is 6.54 Å². The molecule has 3 heterocycles. The topological polar surface area (TPSA) is 55.8 Å². The number of fused-ring (bicyclic) bond motifs is 7. The van der Waals surface area contributed by atoms with E-state index in [-0.39, 0.29) is 5.63 Å². The van der Waals surface area contributed by atoms with E-state index in [4.69, 9.17) is 13.6 Å². The van der Waals surface area contributed by atoms with Crippen molar-refractivity contribution >= 4 is 32.9 Å². The van der Waals surface area contributed by atoms with Crippen LogP contribution < -0.4 is 10.4 Å². The molecule has 1 aliphatic heterocycles. The SMILES string of the molecule is O=c1oc2ccccc2c2oc3ccc4c(c3c12)CN(CC1CC1)CO4. The van der Waals surface area contributed by atoms with E-state index in [1.165, 1.54) is 12.8 Å². The quantitative estimate of drug-likeness (QED) is 0.507. The molecular formula is C21H17NO4. The Bertz CT molecular complexity index is 1230. The summed E-state index contributed by atoms with van der Waals surface area (Å²) in [6, 6.07) is 11.3. The van der Waals surface area contributed by atoms with Gasteiger partial charge >= 0.3 is 5.63 Å². The van der Waals surface area contributed by atoms with Crippen molar-refractivity contribution in [1.29, 1.82) is 0 Å². The Morgan fingerprint density at radius 1 is 1.00 bits per heavy atom. The van der Waals surface area contributed by atoms with E-state index < -0.39 is 0 Å².